The summed E-state index contributed by atoms with van der Waals surface area (Å²) in [4.78, 5) is 0. The van der Waals surface area contributed by atoms with E-state index in [-0.39, 0.29) is 6.61 Å². The fourth-order valence-electron chi connectivity index (χ4n) is 5.71. The molecule has 3 aromatic carbocycles. The predicted molar refractivity (Wildman–Crippen MR) is 172 cm³/mol. The number of hydrogen-bond acceptors (Lipinski definition) is 3. The van der Waals surface area contributed by atoms with Gasteiger partial charge >= 0.3 is 0 Å². The molecule has 3 aromatic rings. The number of aliphatic hydroxyl groups excluding tert-OH is 1. The fraction of sp³-hybridized carbons (Fsp3) is 0.526. The molecule has 1 unspecified atom stereocenters. The number of unbranched alkanes of at least 4 members (excludes halogenated alkanes) is 13. The van der Waals surface area contributed by atoms with Crippen LogP contribution in [-0.2, 0) is 15.1 Å². The predicted octanol–water partition coefficient (Wildman–Crippen LogP) is 9.85. The van der Waals surface area contributed by atoms with Crippen molar-refractivity contribution in [3.8, 4) is 0 Å². The van der Waals surface area contributed by atoms with Gasteiger partial charge in [-0.15, -0.1) is 0 Å². The summed E-state index contributed by atoms with van der Waals surface area (Å²) in [5.41, 5.74) is 2.24. The maximum Gasteiger partial charge on any atom is 0.144 e. The van der Waals surface area contributed by atoms with Gasteiger partial charge in [0.25, 0.3) is 0 Å². The summed E-state index contributed by atoms with van der Waals surface area (Å²) in [6.07, 6.45) is 18.4. The summed E-state index contributed by atoms with van der Waals surface area (Å²) in [7, 11) is 0. The zero-order valence-corrected chi connectivity index (χ0v) is 25.5. The average molecular weight is 559 g/mol. The van der Waals surface area contributed by atoms with Crippen molar-refractivity contribution in [2.75, 3.05) is 19.8 Å². The highest BCUT2D eigenvalue weighted by atomic mass is 16.6. The molecular weight excluding hydrogens is 504 g/mol. The number of rotatable bonds is 23. The van der Waals surface area contributed by atoms with Crippen LogP contribution in [0.2, 0.25) is 0 Å². The first-order chi connectivity index (χ1) is 20.3. The molecule has 3 rings (SSSR count). The first-order valence-electron chi connectivity index (χ1n) is 16.3. The van der Waals surface area contributed by atoms with Crippen LogP contribution in [0.5, 0.6) is 0 Å². The first-order valence-corrected chi connectivity index (χ1v) is 16.3. The molecule has 0 radical (unpaired) electrons. The molecule has 0 aliphatic rings. The van der Waals surface area contributed by atoms with Crippen LogP contribution in [0.3, 0.4) is 0 Å². The van der Waals surface area contributed by atoms with E-state index >= 15 is 0 Å². The van der Waals surface area contributed by atoms with Crippen molar-refractivity contribution in [1.82, 2.24) is 0 Å². The van der Waals surface area contributed by atoms with Crippen LogP contribution in [0.25, 0.3) is 0 Å². The Hall–Kier alpha value is -2.46. The molecule has 0 bridgehead atoms. The lowest BCUT2D eigenvalue weighted by Gasteiger charge is -2.38. The van der Waals surface area contributed by atoms with E-state index in [2.05, 4.69) is 43.3 Å². The van der Waals surface area contributed by atoms with E-state index in [1.165, 1.54) is 83.5 Å². The SMILES string of the molecule is CCCCCCCCCCCCCCCCOCC(CO)OC(c1ccccc1)(c1ccccc1)c1ccccc1. The minimum absolute atomic E-state index is 0.104. The smallest absolute Gasteiger partial charge is 0.144 e. The lowest BCUT2D eigenvalue weighted by atomic mass is 9.80. The van der Waals surface area contributed by atoms with Gasteiger partial charge in [-0.05, 0) is 23.1 Å². The van der Waals surface area contributed by atoms with E-state index in [9.17, 15) is 5.11 Å². The third-order valence-electron chi connectivity index (χ3n) is 8.03. The molecule has 0 aliphatic heterocycles. The molecule has 3 heteroatoms. The van der Waals surface area contributed by atoms with E-state index in [4.69, 9.17) is 9.47 Å². The van der Waals surface area contributed by atoms with Crippen LogP contribution in [0.1, 0.15) is 114 Å². The molecule has 0 amide bonds. The lowest BCUT2D eigenvalue weighted by molar-refractivity contribution is -0.102. The topological polar surface area (TPSA) is 38.7 Å². The van der Waals surface area contributed by atoms with Crippen molar-refractivity contribution in [2.45, 2.75) is 109 Å². The zero-order valence-electron chi connectivity index (χ0n) is 25.5. The summed E-state index contributed by atoms with van der Waals surface area (Å²) in [6, 6.07) is 30.9. The molecule has 0 saturated heterocycles. The van der Waals surface area contributed by atoms with Crippen LogP contribution in [-0.4, -0.2) is 31.0 Å². The van der Waals surface area contributed by atoms with Gasteiger partial charge in [-0.25, -0.2) is 0 Å². The Labute approximate surface area is 250 Å². The van der Waals surface area contributed by atoms with Gasteiger partial charge in [0, 0.05) is 6.61 Å². The molecule has 0 aromatic heterocycles. The third kappa shape index (κ3) is 11.4. The maximum atomic E-state index is 10.4. The van der Waals surface area contributed by atoms with E-state index in [1.54, 1.807) is 0 Å². The summed E-state index contributed by atoms with van der Waals surface area (Å²) >= 11 is 0. The minimum Gasteiger partial charge on any atom is -0.394 e. The van der Waals surface area contributed by atoms with Gasteiger partial charge in [0.2, 0.25) is 0 Å². The zero-order chi connectivity index (χ0) is 28.9. The Balaban J connectivity index is 1.43. The standard InChI is InChI=1S/C38H54O3/c1-2-3-4-5-6-7-8-9-10-11-12-13-14-24-31-40-33-37(32-39)41-38(34-25-18-15-19-26-34,35-27-20-16-21-28-35)36-29-22-17-23-30-36/h15-23,25-30,37,39H,2-14,24,31-33H2,1H3. The number of aliphatic hydroxyl groups is 1. The molecule has 3 nitrogen and oxygen atoms in total. The summed E-state index contributed by atoms with van der Waals surface area (Å²) < 4.78 is 13.0. The molecule has 0 aliphatic carbocycles. The quantitative estimate of drug-likeness (QED) is 0.0930. The van der Waals surface area contributed by atoms with E-state index in [0.29, 0.717) is 13.2 Å². The second-order valence-corrected chi connectivity index (χ2v) is 11.4. The van der Waals surface area contributed by atoms with Crippen LogP contribution in [0, 0.1) is 0 Å². The molecule has 1 atom stereocenters. The molecule has 224 valence electrons. The highest BCUT2D eigenvalue weighted by Crippen LogP contribution is 2.41. The van der Waals surface area contributed by atoms with E-state index < -0.39 is 11.7 Å². The van der Waals surface area contributed by atoms with Gasteiger partial charge in [0.1, 0.15) is 11.7 Å². The fourth-order valence-corrected chi connectivity index (χ4v) is 5.71. The summed E-state index contributed by atoms with van der Waals surface area (Å²) in [5, 5.41) is 10.4. The van der Waals surface area contributed by atoms with Gasteiger partial charge in [0.05, 0.1) is 13.2 Å². The van der Waals surface area contributed by atoms with Crippen molar-refractivity contribution >= 4 is 0 Å². The molecule has 1 N–H and O–H groups in total. The Kier molecular flexibility index (Phi) is 16.5. The monoisotopic (exact) mass is 558 g/mol. The third-order valence-corrected chi connectivity index (χ3v) is 8.03. The van der Waals surface area contributed by atoms with Gasteiger partial charge < -0.3 is 14.6 Å². The van der Waals surface area contributed by atoms with Crippen LogP contribution in [0.4, 0.5) is 0 Å². The normalized spacial score (nSPS) is 12.4. The van der Waals surface area contributed by atoms with E-state index in [1.807, 2.05) is 54.6 Å². The lowest BCUT2D eigenvalue weighted by Crippen LogP contribution is -2.40. The van der Waals surface area contributed by atoms with Crippen molar-refractivity contribution in [1.29, 1.82) is 0 Å². The number of hydrogen-bond donors (Lipinski definition) is 1. The maximum absolute atomic E-state index is 10.4. The molecule has 0 fully saturated rings. The van der Waals surface area contributed by atoms with Gasteiger partial charge in [-0.2, -0.15) is 0 Å². The molecule has 41 heavy (non-hydrogen) atoms. The summed E-state index contributed by atoms with van der Waals surface area (Å²) in [6.45, 7) is 3.24. The number of benzene rings is 3. The molecule has 0 heterocycles. The Morgan fingerprint density at radius 2 is 0.902 bits per heavy atom. The van der Waals surface area contributed by atoms with Crippen molar-refractivity contribution < 1.29 is 14.6 Å². The van der Waals surface area contributed by atoms with Crippen molar-refractivity contribution in [3.05, 3.63) is 108 Å². The van der Waals surface area contributed by atoms with E-state index in [0.717, 1.165) is 23.1 Å². The highest BCUT2D eigenvalue weighted by molar-refractivity contribution is 5.47. The highest BCUT2D eigenvalue weighted by Gasteiger charge is 2.39. The Morgan fingerprint density at radius 1 is 0.537 bits per heavy atom. The van der Waals surface area contributed by atoms with Crippen molar-refractivity contribution in [2.24, 2.45) is 0 Å². The largest absolute Gasteiger partial charge is 0.394 e. The van der Waals surface area contributed by atoms with Gasteiger partial charge in [0.15, 0.2) is 0 Å². The second kappa shape index (κ2) is 20.4. The van der Waals surface area contributed by atoms with Crippen LogP contribution in [0.15, 0.2) is 91.0 Å². The number of ether oxygens (including phenoxy) is 2. The summed E-state index contributed by atoms with van der Waals surface area (Å²) in [5.74, 6) is 0. The van der Waals surface area contributed by atoms with Crippen LogP contribution < -0.4 is 0 Å². The van der Waals surface area contributed by atoms with Gasteiger partial charge in [-0.1, -0.05) is 181 Å². The van der Waals surface area contributed by atoms with Crippen molar-refractivity contribution in [3.63, 3.8) is 0 Å². The molecule has 0 spiro atoms. The van der Waals surface area contributed by atoms with Crippen LogP contribution >= 0.6 is 0 Å². The molecule has 0 saturated carbocycles. The minimum atomic E-state index is -0.852. The average Bonchev–Trinajstić information content (AvgIpc) is 3.03. The second-order valence-electron chi connectivity index (χ2n) is 11.4. The molecular formula is C38H54O3. The first kappa shape index (κ1) is 33.0. The Bertz CT molecular complexity index is 909. The van der Waals surface area contributed by atoms with Gasteiger partial charge in [-0.3, -0.25) is 0 Å². The Morgan fingerprint density at radius 3 is 1.27 bits per heavy atom.